The van der Waals surface area contributed by atoms with Gasteiger partial charge in [-0.15, -0.1) is 22.7 Å². The van der Waals surface area contributed by atoms with Crippen LogP contribution in [0.3, 0.4) is 0 Å². The van der Waals surface area contributed by atoms with E-state index < -0.39 is 10.0 Å². The minimum atomic E-state index is -0.650. The Kier molecular flexibility index (Phi) is 2.87. The van der Waals surface area contributed by atoms with Gasteiger partial charge in [-0.2, -0.15) is 0 Å². The van der Waals surface area contributed by atoms with E-state index in [2.05, 4.69) is 35.7 Å². The first-order valence-corrected chi connectivity index (χ1v) is 9.03. The Morgan fingerprint density at radius 1 is 1.00 bits per heavy atom. The average molecular weight is 258 g/mol. The largest absolute Gasteiger partial charge is 0.242 e. The van der Waals surface area contributed by atoms with Gasteiger partial charge in [-0.1, -0.05) is 0 Å². The fourth-order valence-corrected chi connectivity index (χ4v) is 4.15. The molecule has 82 valence electrons. The molecule has 0 atom stereocenters. The quantitative estimate of drug-likeness (QED) is 0.822. The van der Waals surface area contributed by atoms with Gasteiger partial charge in [0.05, 0.1) is 10.4 Å². The third kappa shape index (κ3) is 2.41. The Labute approximate surface area is 99.7 Å². The van der Waals surface area contributed by atoms with Crippen molar-refractivity contribution in [1.29, 1.82) is 0 Å². The lowest BCUT2D eigenvalue weighted by atomic mass is 10.6. The van der Waals surface area contributed by atoms with Crippen molar-refractivity contribution in [2.45, 2.75) is 11.1 Å². The molecule has 0 aliphatic rings. The molecule has 0 aliphatic carbocycles. The fourth-order valence-electron chi connectivity index (χ4n) is 1.09. The third-order valence-electron chi connectivity index (χ3n) is 1.89. The Balaban J connectivity index is 2.36. The van der Waals surface area contributed by atoms with Crippen molar-refractivity contribution in [1.82, 2.24) is 9.97 Å². The Morgan fingerprint density at radius 3 is 2.07 bits per heavy atom. The van der Waals surface area contributed by atoms with Crippen LogP contribution in [0.25, 0.3) is 10.0 Å². The zero-order valence-electron chi connectivity index (χ0n) is 9.27. The van der Waals surface area contributed by atoms with Crippen LogP contribution >= 0.6 is 32.7 Å². The smallest absolute Gasteiger partial charge is 0.153 e. The van der Waals surface area contributed by atoms with Crippen molar-refractivity contribution in [3.05, 3.63) is 17.3 Å². The van der Waals surface area contributed by atoms with Gasteiger partial charge in [0.15, 0.2) is 10.0 Å². The molecular formula is C10H14N2S3. The second-order valence-corrected chi connectivity index (χ2v) is 10.7. The maximum atomic E-state index is 4.45. The zero-order chi connectivity index (χ0) is 11.1. The van der Waals surface area contributed by atoms with Gasteiger partial charge in [-0.3, -0.25) is 0 Å². The van der Waals surface area contributed by atoms with Crippen molar-refractivity contribution in [2.75, 3.05) is 18.8 Å². The topological polar surface area (TPSA) is 25.8 Å². The third-order valence-corrected chi connectivity index (χ3v) is 6.80. The van der Waals surface area contributed by atoms with Crippen molar-refractivity contribution >= 4 is 32.7 Å². The molecule has 2 rings (SSSR count). The molecule has 5 heteroatoms. The van der Waals surface area contributed by atoms with Crippen molar-refractivity contribution < 1.29 is 0 Å². The second kappa shape index (κ2) is 3.88. The molecule has 0 amide bonds. The summed E-state index contributed by atoms with van der Waals surface area (Å²) < 4.78 is 1.39. The van der Waals surface area contributed by atoms with Crippen LogP contribution in [0.5, 0.6) is 0 Å². The van der Waals surface area contributed by atoms with E-state index in [1.807, 2.05) is 12.4 Å². The molecule has 0 aromatic carbocycles. The van der Waals surface area contributed by atoms with Crippen LogP contribution in [0.1, 0.15) is 4.88 Å². The number of hydrogen-bond donors (Lipinski definition) is 0. The molecule has 2 aromatic rings. The summed E-state index contributed by atoms with van der Waals surface area (Å²) in [5.74, 6) is 0. The van der Waals surface area contributed by atoms with Crippen LogP contribution in [0, 0.1) is 6.92 Å². The Morgan fingerprint density at radius 2 is 1.60 bits per heavy atom. The zero-order valence-corrected chi connectivity index (χ0v) is 11.7. The predicted octanol–water partition coefficient (Wildman–Crippen LogP) is 3.63. The summed E-state index contributed by atoms with van der Waals surface area (Å²) in [6, 6.07) is 0. The van der Waals surface area contributed by atoms with Gasteiger partial charge in [0.25, 0.3) is 0 Å². The average Bonchev–Trinajstić information content (AvgIpc) is 2.69. The number of thiazole rings is 2. The summed E-state index contributed by atoms with van der Waals surface area (Å²) in [7, 11) is -0.650. The van der Waals surface area contributed by atoms with Crippen LogP contribution in [-0.2, 0) is 0 Å². The molecular weight excluding hydrogens is 244 g/mol. The summed E-state index contributed by atoms with van der Waals surface area (Å²) in [4.78, 5) is 10.1. The molecule has 0 unspecified atom stereocenters. The molecule has 0 saturated heterocycles. The lowest BCUT2D eigenvalue weighted by Gasteiger charge is -2.21. The van der Waals surface area contributed by atoms with Gasteiger partial charge in [0, 0.05) is 11.1 Å². The van der Waals surface area contributed by atoms with E-state index in [1.54, 1.807) is 22.7 Å². The van der Waals surface area contributed by atoms with E-state index in [9.17, 15) is 0 Å². The molecule has 2 aromatic heterocycles. The molecule has 2 nitrogen and oxygen atoms in total. The maximum absolute atomic E-state index is 4.45. The highest BCUT2D eigenvalue weighted by molar-refractivity contribution is 8.33. The summed E-state index contributed by atoms with van der Waals surface area (Å²) in [5.41, 5.74) is 0. The number of nitrogens with zero attached hydrogens (tertiary/aromatic N) is 2. The SMILES string of the molecule is Cc1cnc(-c2ncc(S(C)(C)C)s2)s1. The predicted molar refractivity (Wildman–Crippen MR) is 71.6 cm³/mol. The summed E-state index contributed by atoms with van der Waals surface area (Å²) in [6.45, 7) is 2.07. The van der Waals surface area contributed by atoms with Gasteiger partial charge < -0.3 is 0 Å². The molecule has 0 aliphatic heterocycles. The minimum Gasteiger partial charge on any atom is -0.242 e. The summed E-state index contributed by atoms with van der Waals surface area (Å²) in [5, 5.41) is 2.11. The Bertz CT molecular complexity index is 465. The number of aromatic nitrogens is 2. The molecule has 0 spiro atoms. The highest BCUT2D eigenvalue weighted by atomic mass is 32.3. The van der Waals surface area contributed by atoms with Crippen LogP contribution in [0.15, 0.2) is 16.6 Å². The van der Waals surface area contributed by atoms with E-state index >= 15 is 0 Å². The minimum absolute atomic E-state index is 0.650. The second-order valence-electron chi connectivity index (χ2n) is 4.10. The maximum Gasteiger partial charge on any atom is 0.153 e. The summed E-state index contributed by atoms with van der Waals surface area (Å²) >= 11 is 3.49. The van der Waals surface area contributed by atoms with E-state index in [0.29, 0.717) is 0 Å². The number of hydrogen-bond acceptors (Lipinski definition) is 4. The van der Waals surface area contributed by atoms with Crippen molar-refractivity contribution in [3.8, 4) is 10.0 Å². The first kappa shape index (κ1) is 11.1. The lowest BCUT2D eigenvalue weighted by Crippen LogP contribution is -1.87. The van der Waals surface area contributed by atoms with Gasteiger partial charge in [0.2, 0.25) is 0 Å². The van der Waals surface area contributed by atoms with E-state index in [4.69, 9.17) is 0 Å². The van der Waals surface area contributed by atoms with E-state index in [1.165, 1.54) is 9.09 Å². The van der Waals surface area contributed by atoms with Gasteiger partial charge >= 0.3 is 0 Å². The van der Waals surface area contributed by atoms with Gasteiger partial charge in [-0.25, -0.2) is 20.0 Å². The van der Waals surface area contributed by atoms with Crippen molar-refractivity contribution in [3.63, 3.8) is 0 Å². The van der Waals surface area contributed by atoms with Gasteiger partial charge in [0.1, 0.15) is 0 Å². The van der Waals surface area contributed by atoms with Crippen LogP contribution in [0.4, 0.5) is 0 Å². The molecule has 15 heavy (non-hydrogen) atoms. The molecule has 0 fully saturated rings. The van der Waals surface area contributed by atoms with Crippen LogP contribution in [0.2, 0.25) is 0 Å². The molecule has 0 N–H and O–H groups in total. The number of aryl methyl sites for hydroxylation is 1. The molecule has 2 heterocycles. The van der Waals surface area contributed by atoms with Gasteiger partial charge in [-0.05, 0) is 25.7 Å². The lowest BCUT2D eigenvalue weighted by molar-refractivity contribution is 1.32. The monoisotopic (exact) mass is 258 g/mol. The first-order chi connectivity index (χ1) is 6.97. The standard InChI is InChI=1S/C10H14N2S3/c1-7-5-11-9(13-7)10-12-6-8(14-10)15(2,3)4/h5-6H,1-4H3. The summed E-state index contributed by atoms with van der Waals surface area (Å²) in [6.07, 6.45) is 10.8. The molecule has 0 bridgehead atoms. The van der Waals surface area contributed by atoms with E-state index in [0.717, 1.165) is 10.0 Å². The van der Waals surface area contributed by atoms with Crippen molar-refractivity contribution in [2.24, 2.45) is 0 Å². The molecule has 0 radical (unpaired) electrons. The fraction of sp³-hybridized carbons (Fsp3) is 0.400. The normalized spacial score (nSPS) is 13.1. The van der Waals surface area contributed by atoms with Crippen LogP contribution < -0.4 is 0 Å². The first-order valence-electron chi connectivity index (χ1n) is 4.54. The Hall–Kier alpha value is -0.390. The van der Waals surface area contributed by atoms with Crippen LogP contribution in [-0.4, -0.2) is 28.7 Å². The number of rotatable bonds is 2. The highest BCUT2D eigenvalue weighted by Gasteiger charge is 2.14. The molecule has 0 saturated carbocycles. The van der Waals surface area contributed by atoms with E-state index in [-0.39, 0.29) is 0 Å². The highest BCUT2D eigenvalue weighted by Crippen LogP contribution is 2.49.